The first kappa shape index (κ1) is 41.7. The van der Waals surface area contributed by atoms with Gasteiger partial charge in [-0.25, -0.2) is 23.7 Å². The molecule has 340 valence electrons. The summed E-state index contributed by atoms with van der Waals surface area (Å²) in [7, 11) is 0. The van der Waals surface area contributed by atoms with Gasteiger partial charge < -0.3 is 25.2 Å². The monoisotopic (exact) mass is 891 g/mol. The third-order valence-corrected chi connectivity index (χ3v) is 15.2. The van der Waals surface area contributed by atoms with E-state index in [-0.39, 0.29) is 53.5 Å². The first-order chi connectivity index (χ1) is 31.5. The molecule has 8 heterocycles. The number of benzene rings is 1. The molecule has 7 aliphatic rings. The van der Waals surface area contributed by atoms with Crippen molar-refractivity contribution < 1.29 is 37.5 Å². The first-order valence-electron chi connectivity index (χ1n) is 23.0. The number of rotatable bonds is 11. The molecule has 3 aromatic heterocycles. The molecule has 2 saturated carbocycles. The summed E-state index contributed by atoms with van der Waals surface area (Å²) in [4.78, 5) is 83.7. The summed E-state index contributed by atoms with van der Waals surface area (Å²) in [5, 5.41) is 12.7. The average Bonchev–Trinajstić information content (AvgIpc) is 4.10. The largest absolute Gasteiger partial charge is 0.384 e. The maximum atomic E-state index is 14.4. The van der Waals surface area contributed by atoms with Gasteiger partial charge in [-0.1, -0.05) is 6.07 Å². The zero-order valence-corrected chi connectivity index (χ0v) is 35.9. The molecule has 1 unspecified atom stereocenters. The Morgan fingerprint density at radius 3 is 2.49 bits per heavy atom. The second-order valence-corrected chi connectivity index (χ2v) is 19.2. The fraction of sp³-hybridized carbons (Fsp3) is 0.543. The maximum absolute atomic E-state index is 14.4. The summed E-state index contributed by atoms with van der Waals surface area (Å²) >= 11 is 0. The molecule has 2 bridgehead atoms. The molecule has 5 amide bonds. The van der Waals surface area contributed by atoms with Crippen LogP contribution < -0.4 is 20.9 Å². The summed E-state index contributed by atoms with van der Waals surface area (Å²) in [5.74, 6) is -1.05. The van der Waals surface area contributed by atoms with Crippen molar-refractivity contribution in [2.75, 3.05) is 54.9 Å². The number of carbonyl (C=O) groups is 5. The van der Waals surface area contributed by atoms with Crippen molar-refractivity contribution in [3.63, 3.8) is 0 Å². The molecule has 65 heavy (non-hydrogen) atoms. The second-order valence-electron chi connectivity index (χ2n) is 19.2. The highest BCUT2D eigenvalue weighted by Crippen LogP contribution is 2.53. The molecule has 4 saturated heterocycles. The number of aromatic nitrogens is 5. The molecule has 4 aromatic rings. The van der Waals surface area contributed by atoms with Crippen molar-refractivity contribution in [3.8, 4) is 0 Å². The van der Waals surface area contributed by atoms with Gasteiger partial charge in [0.15, 0.2) is 11.4 Å². The van der Waals surface area contributed by atoms with Gasteiger partial charge in [0.05, 0.1) is 47.1 Å². The molecule has 3 N–H and O–H groups in total. The number of morpholine rings is 1. The van der Waals surface area contributed by atoms with Crippen LogP contribution in [0, 0.1) is 17.3 Å². The quantitative estimate of drug-likeness (QED) is 0.168. The van der Waals surface area contributed by atoms with E-state index >= 15 is 0 Å². The van der Waals surface area contributed by atoms with E-state index in [0.29, 0.717) is 59.5 Å². The Balaban J connectivity index is 0.651. The highest BCUT2D eigenvalue weighted by atomic mass is 19.3. The molecule has 1 aromatic carbocycles. The smallest absolute Gasteiger partial charge is 0.284 e. The highest BCUT2D eigenvalue weighted by molar-refractivity contribution is 6.25. The molecule has 0 radical (unpaired) electrons. The molecular weight excluding hydrogens is 841 g/mol. The van der Waals surface area contributed by atoms with Crippen molar-refractivity contribution in [2.24, 2.45) is 17.3 Å². The van der Waals surface area contributed by atoms with Gasteiger partial charge in [0.2, 0.25) is 11.8 Å². The molecule has 19 heteroatoms. The average molecular weight is 892 g/mol. The zero-order valence-electron chi connectivity index (χ0n) is 35.9. The minimum atomic E-state index is -2.88. The lowest BCUT2D eigenvalue weighted by Crippen LogP contribution is -2.54. The van der Waals surface area contributed by atoms with E-state index in [4.69, 9.17) is 9.72 Å². The third kappa shape index (κ3) is 7.68. The van der Waals surface area contributed by atoms with Crippen molar-refractivity contribution >= 4 is 57.8 Å². The molecule has 11 rings (SSSR count). The van der Waals surface area contributed by atoms with Gasteiger partial charge in [-0.05, 0) is 119 Å². The van der Waals surface area contributed by atoms with Crippen molar-refractivity contribution in [3.05, 3.63) is 65.4 Å². The van der Waals surface area contributed by atoms with E-state index in [1.165, 1.54) is 12.5 Å². The van der Waals surface area contributed by atoms with Gasteiger partial charge in [0.1, 0.15) is 23.7 Å². The number of alkyl halides is 2. The van der Waals surface area contributed by atoms with Gasteiger partial charge in [-0.3, -0.25) is 38.9 Å². The predicted octanol–water partition coefficient (Wildman–Crippen LogP) is 5.13. The van der Waals surface area contributed by atoms with Crippen molar-refractivity contribution in [1.29, 1.82) is 0 Å². The number of pyridine rings is 1. The predicted molar refractivity (Wildman–Crippen MR) is 231 cm³/mol. The fourth-order valence-electron chi connectivity index (χ4n) is 11.8. The van der Waals surface area contributed by atoms with Gasteiger partial charge in [0, 0.05) is 37.9 Å². The Hall–Kier alpha value is -5.95. The van der Waals surface area contributed by atoms with E-state index in [0.717, 1.165) is 82.3 Å². The molecule has 1 spiro atoms. The molecule has 3 atom stereocenters. The number of likely N-dealkylation sites (tertiary alicyclic amines) is 1. The Bertz CT molecular complexity index is 2580. The second kappa shape index (κ2) is 16.5. The minimum absolute atomic E-state index is 0.00993. The zero-order chi connectivity index (χ0) is 44.6. The van der Waals surface area contributed by atoms with E-state index in [2.05, 4.69) is 40.8 Å². The molecule has 5 aliphatic heterocycles. The summed E-state index contributed by atoms with van der Waals surface area (Å²) in [5.41, 5.74) is 1.76. The molecule has 2 aliphatic carbocycles. The van der Waals surface area contributed by atoms with Crippen LogP contribution >= 0.6 is 0 Å². The van der Waals surface area contributed by atoms with E-state index < -0.39 is 47.7 Å². The van der Waals surface area contributed by atoms with Gasteiger partial charge in [0.25, 0.3) is 24.1 Å². The highest BCUT2D eigenvalue weighted by Gasteiger charge is 2.48. The molecule has 17 nitrogen and oxygen atoms in total. The van der Waals surface area contributed by atoms with Gasteiger partial charge in [-0.15, -0.1) is 0 Å². The SMILES string of the molecule is O=C1CCC(N2C(=O)c3cccc(NCC4CC5(CCN(CC6CCC(n7cc(NC(=O)c8ncnc9ccc(N%10C[C@H]%11C[C@@H]%10CO%11)nc89)c(C(F)F)n7)CC6)CC5)C4)c3C2=O)C(=O)N1. The summed E-state index contributed by atoms with van der Waals surface area (Å²) < 4.78 is 36.1. The molecule has 6 fully saturated rings. The number of fused-ring (bicyclic) bond motifs is 4. The number of amides is 5. The van der Waals surface area contributed by atoms with Gasteiger partial charge >= 0.3 is 0 Å². The number of piperidine rings is 2. The Morgan fingerprint density at radius 2 is 1.75 bits per heavy atom. The van der Waals surface area contributed by atoms with Gasteiger partial charge in [-0.2, -0.15) is 5.10 Å². The maximum Gasteiger partial charge on any atom is 0.284 e. The summed E-state index contributed by atoms with van der Waals surface area (Å²) in [6, 6.07) is 8.00. The number of nitrogens with one attached hydrogen (secondary N) is 3. The lowest BCUT2D eigenvalue weighted by molar-refractivity contribution is -0.136. The van der Waals surface area contributed by atoms with Crippen LogP contribution in [-0.2, 0) is 14.3 Å². The Labute approximate surface area is 373 Å². The van der Waals surface area contributed by atoms with Crippen LogP contribution in [0.15, 0.2) is 42.9 Å². The van der Waals surface area contributed by atoms with E-state index in [9.17, 15) is 32.8 Å². The van der Waals surface area contributed by atoms with Crippen LogP contribution in [0.3, 0.4) is 0 Å². The number of hydrogen-bond donors (Lipinski definition) is 3. The number of nitrogens with zero attached hydrogens (tertiary/aromatic N) is 8. The lowest BCUT2D eigenvalue weighted by atomic mass is 9.57. The standard InChI is InChI=1S/C46H51F2N11O6/c47-41(48)39-33(52-43(62)40-38-32(50-24-51-40)8-10-35(53-38)57-21-29-16-28(57)23-65-29)22-58(55-39)27-6-4-25(5-7-27)20-56-14-12-46(13-15-56)17-26(18-46)19-49-31-3-1-2-30-37(31)45(64)59(44(30)63)34-9-11-36(60)54-42(34)61/h1-3,8,10,22,24-29,34,41,49H,4-7,9,11-21,23H2,(H,52,62)(H,54,60,61)/t25?,27?,28-,29-,34?/m1/s1. The number of carbonyl (C=O) groups excluding carboxylic acids is 5. The minimum Gasteiger partial charge on any atom is -0.384 e. The summed E-state index contributed by atoms with van der Waals surface area (Å²) in [6.07, 6.45) is 9.19. The topological polar surface area (TPSA) is 197 Å². The Kier molecular flexibility index (Phi) is 10.6. The number of anilines is 3. The molecular formula is C46H51F2N11O6. The van der Waals surface area contributed by atoms with Crippen LogP contribution in [0.2, 0.25) is 0 Å². The van der Waals surface area contributed by atoms with Crippen LogP contribution in [-0.4, -0.2) is 122 Å². The normalized spacial score (nSPS) is 26.6. The van der Waals surface area contributed by atoms with E-state index in [1.807, 2.05) is 6.07 Å². The Morgan fingerprint density at radius 1 is 0.938 bits per heavy atom. The van der Waals surface area contributed by atoms with Crippen LogP contribution in [0.4, 0.5) is 26.0 Å². The van der Waals surface area contributed by atoms with Crippen molar-refractivity contribution in [1.82, 2.24) is 39.8 Å². The first-order valence-corrected chi connectivity index (χ1v) is 23.0. The fourth-order valence-corrected chi connectivity index (χ4v) is 11.8. The third-order valence-electron chi connectivity index (χ3n) is 15.2. The lowest BCUT2D eigenvalue weighted by Gasteiger charge is -2.53. The summed E-state index contributed by atoms with van der Waals surface area (Å²) in [6.45, 7) is 5.10. The van der Waals surface area contributed by atoms with Crippen LogP contribution in [0.25, 0.3) is 11.0 Å². The number of ether oxygens (including phenoxy) is 1. The number of imide groups is 2. The van der Waals surface area contributed by atoms with Crippen LogP contribution in [0.1, 0.15) is 120 Å². The van der Waals surface area contributed by atoms with E-state index in [1.54, 1.807) is 28.9 Å². The number of halogens is 2. The van der Waals surface area contributed by atoms with Crippen molar-refractivity contribution in [2.45, 2.75) is 101 Å². The van der Waals surface area contributed by atoms with Crippen LogP contribution in [0.5, 0.6) is 0 Å². The number of hydrogen-bond acceptors (Lipinski definition) is 13.